The average molecular weight is 431 g/mol. The van der Waals surface area contributed by atoms with Gasteiger partial charge in [0.25, 0.3) is 0 Å². The van der Waals surface area contributed by atoms with Crippen LogP contribution in [0.5, 0.6) is 5.75 Å². The smallest absolute Gasteiger partial charge is 0.422 e. The Labute approximate surface area is 176 Å². The van der Waals surface area contributed by atoms with Crippen molar-refractivity contribution < 1.29 is 27.4 Å². The maximum Gasteiger partial charge on any atom is 0.422 e. The fraction of sp³-hybridized carbons (Fsp3) is 0.667. The van der Waals surface area contributed by atoms with Crippen LogP contribution in [0, 0.1) is 5.92 Å². The van der Waals surface area contributed by atoms with Gasteiger partial charge in [0.05, 0.1) is 6.54 Å². The second-order valence-corrected chi connectivity index (χ2v) is 7.16. The SMILES string of the molecule is CCNC(=NCc1cccc(OCC(F)(F)F)c1)NCCCOCC1CCOCC1. The summed E-state index contributed by atoms with van der Waals surface area (Å²) in [4.78, 5) is 4.49. The number of aliphatic imine (C=N–C) groups is 1. The van der Waals surface area contributed by atoms with Gasteiger partial charge in [-0.2, -0.15) is 13.2 Å². The first-order valence-electron chi connectivity index (χ1n) is 10.4. The monoisotopic (exact) mass is 431 g/mol. The molecule has 0 aliphatic carbocycles. The predicted molar refractivity (Wildman–Crippen MR) is 110 cm³/mol. The number of hydrogen-bond acceptors (Lipinski definition) is 4. The molecule has 0 aromatic heterocycles. The highest BCUT2D eigenvalue weighted by atomic mass is 19.4. The summed E-state index contributed by atoms with van der Waals surface area (Å²) in [5.41, 5.74) is 0.770. The summed E-state index contributed by atoms with van der Waals surface area (Å²) < 4.78 is 52.8. The molecule has 2 rings (SSSR count). The Morgan fingerprint density at radius 2 is 2.03 bits per heavy atom. The van der Waals surface area contributed by atoms with E-state index in [-0.39, 0.29) is 5.75 Å². The lowest BCUT2D eigenvalue weighted by molar-refractivity contribution is -0.153. The molecular formula is C21H32F3N3O3. The molecule has 0 bridgehead atoms. The number of benzene rings is 1. The fourth-order valence-electron chi connectivity index (χ4n) is 2.95. The molecular weight excluding hydrogens is 399 g/mol. The van der Waals surface area contributed by atoms with Crippen molar-refractivity contribution in [1.29, 1.82) is 0 Å². The van der Waals surface area contributed by atoms with Gasteiger partial charge in [-0.05, 0) is 49.8 Å². The van der Waals surface area contributed by atoms with Crippen molar-refractivity contribution in [2.75, 3.05) is 46.1 Å². The number of rotatable bonds is 11. The van der Waals surface area contributed by atoms with E-state index in [0.717, 1.165) is 44.6 Å². The molecule has 0 spiro atoms. The number of ether oxygens (including phenoxy) is 3. The quantitative estimate of drug-likeness (QED) is 0.319. The molecule has 1 fully saturated rings. The van der Waals surface area contributed by atoms with E-state index in [4.69, 9.17) is 14.2 Å². The Balaban J connectivity index is 1.70. The van der Waals surface area contributed by atoms with Crippen LogP contribution in [-0.2, 0) is 16.0 Å². The van der Waals surface area contributed by atoms with E-state index < -0.39 is 12.8 Å². The van der Waals surface area contributed by atoms with E-state index in [1.54, 1.807) is 18.2 Å². The molecule has 0 atom stereocenters. The molecule has 6 nitrogen and oxygen atoms in total. The molecule has 0 saturated carbocycles. The number of alkyl halides is 3. The Bertz CT molecular complexity index is 635. The molecule has 0 amide bonds. The zero-order valence-electron chi connectivity index (χ0n) is 17.5. The maximum absolute atomic E-state index is 12.3. The first-order valence-corrected chi connectivity index (χ1v) is 10.4. The van der Waals surface area contributed by atoms with Crippen molar-refractivity contribution in [3.63, 3.8) is 0 Å². The third-order valence-electron chi connectivity index (χ3n) is 4.52. The van der Waals surface area contributed by atoms with Crippen molar-refractivity contribution >= 4 is 5.96 Å². The minimum absolute atomic E-state index is 0.180. The van der Waals surface area contributed by atoms with Crippen LogP contribution in [0.3, 0.4) is 0 Å². The normalized spacial score (nSPS) is 15.8. The Hall–Kier alpha value is -2.00. The van der Waals surface area contributed by atoms with E-state index in [1.165, 1.54) is 6.07 Å². The Morgan fingerprint density at radius 1 is 1.23 bits per heavy atom. The van der Waals surface area contributed by atoms with Crippen LogP contribution >= 0.6 is 0 Å². The largest absolute Gasteiger partial charge is 0.484 e. The molecule has 30 heavy (non-hydrogen) atoms. The number of nitrogens with one attached hydrogen (secondary N) is 2. The molecule has 0 radical (unpaired) electrons. The summed E-state index contributed by atoms with van der Waals surface area (Å²) in [6.07, 6.45) is -1.37. The average Bonchev–Trinajstić information content (AvgIpc) is 2.73. The van der Waals surface area contributed by atoms with Crippen LogP contribution < -0.4 is 15.4 Å². The van der Waals surface area contributed by atoms with Crippen molar-refractivity contribution in [2.45, 2.75) is 38.9 Å². The van der Waals surface area contributed by atoms with E-state index in [1.807, 2.05) is 6.92 Å². The van der Waals surface area contributed by atoms with Crippen molar-refractivity contribution in [3.8, 4) is 5.75 Å². The predicted octanol–water partition coefficient (Wildman–Crippen LogP) is 3.52. The molecule has 9 heteroatoms. The maximum atomic E-state index is 12.3. The fourth-order valence-corrected chi connectivity index (χ4v) is 2.95. The van der Waals surface area contributed by atoms with Gasteiger partial charge < -0.3 is 24.8 Å². The Morgan fingerprint density at radius 3 is 2.77 bits per heavy atom. The summed E-state index contributed by atoms with van der Waals surface area (Å²) in [5.74, 6) is 1.43. The van der Waals surface area contributed by atoms with Gasteiger partial charge in [0, 0.05) is 39.5 Å². The van der Waals surface area contributed by atoms with E-state index >= 15 is 0 Å². The van der Waals surface area contributed by atoms with E-state index in [2.05, 4.69) is 15.6 Å². The van der Waals surface area contributed by atoms with Crippen LogP contribution in [0.4, 0.5) is 13.2 Å². The van der Waals surface area contributed by atoms with Crippen LogP contribution in [0.15, 0.2) is 29.3 Å². The third-order valence-corrected chi connectivity index (χ3v) is 4.52. The third kappa shape index (κ3) is 10.7. The van der Waals surface area contributed by atoms with Crippen molar-refractivity contribution in [2.24, 2.45) is 10.9 Å². The molecule has 1 saturated heterocycles. The highest BCUT2D eigenvalue weighted by Crippen LogP contribution is 2.19. The molecule has 1 aliphatic heterocycles. The van der Waals surface area contributed by atoms with Gasteiger partial charge in [0.15, 0.2) is 12.6 Å². The van der Waals surface area contributed by atoms with Gasteiger partial charge in [-0.15, -0.1) is 0 Å². The number of nitrogens with zero attached hydrogens (tertiary/aromatic N) is 1. The molecule has 170 valence electrons. The van der Waals surface area contributed by atoms with Crippen molar-refractivity contribution in [1.82, 2.24) is 10.6 Å². The van der Waals surface area contributed by atoms with Gasteiger partial charge in [-0.3, -0.25) is 0 Å². The lowest BCUT2D eigenvalue weighted by Gasteiger charge is -2.21. The van der Waals surface area contributed by atoms with Crippen LogP contribution in [-0.4, -0.2) is 58.3 Å². The summed E-state index contributed by atoms with van der Waals surface area (Å²) in [5, 5.41) is 6.41. The van der Waals surface area contributed by atoms with Gasteiger partial charge in [0.2, 0.25) is 0 Å². The van der Waals surface area contributed by atoms with E-state index in [0.29, 0.717) is 38.1 Å². The number of hydrogen-bond donors (Lipinski definition) is 2. The van der Waals surface area contributed by atoms with Crippen LogP contribution in [0.2, 0.25) is 0 Å². The number of halogens is 3. The zero-order chi connectivity index (χ0) is 21.7. The zero-order valence-corrected chi connectivity index (χ0v) is 17.5. The molecule has 1 aromatic carbocycles. The molecule has 1 heterocycles. The summed E-state index contributed by atoms with van der Waals surface area (Å²) in [6, 6.07) is 6.54. The van der Waals surface area contributed by atoms with Gasteiger partial charge in [0.1, 0.15) is 5.75 Å². The second kappa shape index (κ2) is 13.3. The summed E-state index contributed by atoms with van der Waals surface area (Å²) in [6.45, 7) is 5.55. The number of guanidine groups is 1. The van der Waals surface area contributed by atoms with Crippen LogP contribution in [0.25, 0.3) is 0 Å². The summed E-state index contributed by atoms with van der Waals surface area (Å²) >= 11 is 0. The minimum Gasteiger partial charge on any atom is -0.484 e. The first-order chi connectivity index (χ1) is 14.5. The lowest BCUT2D eigenvalue weighted by atomic mass is 10.0. The topological polar surface area (TPSA) is 64.1 Å². The molecule has 0 unspecified atom stereocenters. The molecule has 1 aromatic rings. The summed E-state index contributed by atoms with van der Waals surface area (Å²) in [7, 11) is 0. The Kier molecular flexibility index (Phi) is 10.8. The van der Waals surface area contributed by atoms with E-state index in [9.17, 15) is 13.2 Å². The highest BCUT2D eigenvalue weighted by Gasteiger charge is 2.28. The van der Waals surface area contributed by atoms with Gasteiger partial charge in [-0.1, -0.05) is 12.1 Å². The molecule has 1 aliphatic rings. The van der Waals surface area contributed by atoms with Crippen LogP contribution in [0.1, 0.15) is 31.7 Å². The highest BCUT2D eigenvalue weighted by molar-refractivity contribution is 5.79. The first kappa shape index (κ1) is 24.3. The minimum atomic E-state index is -4.36. The van der Waals surface area contributed by atoms with Gasteiger partial charge in [-0.25, -0.2) is 4.99 Å². The second-order valence-electron chi connectivity index (χ2n) is 7.16. The molecule has 2 N–H and O–H groups in total. The lowest BCUT2D eigenvalue weighted by Crippen LogP contribution is -2.38. The standard InChI is InChI=1S/C21H32F3N3O3/c1-2-25-20(26-9-4-10-29-15-17-7-11-28-12-8-17)27-14-18-5-3-6-19(13-18)30-16-21(22,23)24/h3,5-6,13,17H,2,4,7-12,14-16H2,1H3,(H2,25,26,27). The van der Waals surface area contributed by atoms with Crippen molar-refractivity contribution in [3.05, 3.63) is 29.8 Å². The van der Waals surface area contributed by atoms with Gasteiger partial charge >= 0.3 is 6.18 Å².